The molecule has 36 heavy (non-hydrogen) atoms. The number of allylic oxidation sites excluding steroid dienone is 1. The molecule has 1 aliphatic heterocycles. The van der Waals surface area contributed by atoms with Gasteiger partial charge in [-0.1, -0.05) is 65.7 Å². The molecule has 0 spiro atoms. The van der Waals surface area contributed by atoms with Gasteiger partial charge in [-0.3, -0.25) is 14.5 Å². The number of hydrogen-bond donors (Lipinski definition) is 0. The number of benzene rings is 3. The minimum absolute atomic E-state index is 0.0648. The Labute approximate surface area is 224 Å². The molecular formula is C28H23Cl2NO4S. The molecule has 1 saturated heterocycles. The van der Waals surface area contributed by atoms with E-state index < -0.39 is 0 Å². The van der Waals surface area contributed by atoms with Crippen molar-refractivity contribution in [1.29, 1.82) is 0 Å². The van der Waals surface area contributed by atoms with Crippen molar-refractivity contribution in [3.8, 4) is 11.5 Å². The summed E-state index contributed by atoms with van der Waals surface area (Å²) in [6, 6.07) is 18.5. The maximum Gasteiger partial charge on any atom is 0.293 e. The van der Waals surface area contributed by atoms with Gasteiger partial charge in [0.15, 0.2) is 11.5 Å². The normalized spacial score (nSPS) is 14.4. The van der Waals surface area contributed by atoms with Gasteiger partial charge < -0.3 is 9.47 Å². The molecule has 1 fully saturated rings. The Morgan fingerprint density at radius 3 is 2.50 bits per heavy atom. The zero-order valence-corrected chi connectivity index (χ0v) is 21.8. The summed E-state index contributed by atoms with van der Waals surface area (Å²) in [5.41, 5.74) is 3.24. The highest BCUT2D eigenvalue weighted by Crippen LogP contribution is 2.38. The number of carbonyl (C=O) groups excluding carboxylic acids is 2. The topological polar surface area (TPSA) is 55.8 Å². The third kappa shape index (κ3) is 5.95. The summed E-state index contributed by atoms with van der Waals surface area (Å²) >= 11 is 13.1. The average molecular weight is 540 g/mol. The zero-order valence-electron chi connectivity index (χ0n) is 19.5. The Morgan fingerprint density at radius 2 is 1.81 bits per heavy atom. The van der Waals surface area contributed by atoms with Crippen molar-refractivity contribution in [2.75, 3.05) is 7.11 Å². The van der Waals surface area contributed by atoms with Crippen LogP contribution in [0.15, 0.2) is 78.2 Å². The fourth-order valence-corrected chi connectivity index (χ4v) is 5.03. The van der Waals surface area contributed by atoms with Gasteiger partial charge >= 0.3 is 0 Å². The SMILES string of the molecule is C=CCc1cc(/C=C2\SC(=O)N(Cc3ccc(Cl)cc3Cl)C2=O)cc(OC)c1OCc1ccccc1. The van der Waals surface area contributed by atoms with Gasteiger partial charge in [-0.05, 0) is 65.2 Å². The number of halogens is 2. The molecule has 0 unspecified atom stereocenters. The maximum atomic E-state index is 13.1. The lowest BCUT2D eigenvalue weighted by Crippen LogP contribution is -2.27. The second kappa shape index (κ2) is 11.7. The first-order valence-corrected chi connectivity index (χ1v) is 12.6. The van der Waals surface area contributed by atoms with Crippen molar-refractivity contribution < 1.29 is 19.1 Å². The molecular weight excluding hydrogens is 517 g/mol. The molecule has 0 saturated carbocycles. The Morgan fingerprint density at radius 1 is 1.03 bits per heavy atom. The van der Waals surface area contributed by atoms with Crippen LogP contribution in [-0.4, -0.2) is 23.2 Å². The Hall–Kier alpha value is -3.19. The lowest BCUT2D eigenvalue weighted by atomic mass is 10.0. The average Bonchev–Trinajstić information content (AvgIpc) is 3.12. The summed E-state index contributed by atoms with van der Waals surface area (Å²) in [7, 11) is 1.57. The molecule has 184 valence electrons. The monoisotopic (exact) mass is 539 g/mol. The van der Waals surface area contributed by atoms with E-state index in [-0.39, 0.29) is 17.7 Å². The van der Waals surface area contributed by atoms with Crippen LogP contribution in [-0.2, 0) is 24.4 Å². The number of hydrogen-bond acceptors (Lipinski definition) is 5. The van der Waals surface area contributed by atoms with E-state index in [1.165, 1.54) is 4.90 Å². The van der Waals surface area contributed by atoms with Crippen LogP contribution < -0.4 is 9.47 Å². The number of amides is 2. The van der Waals surface area contributed by atoms with E-state index in [1.54, 1.807) is 43.5 Å². The molecule has 0 aromatic heterocycles. The molecule has 2 amide bonds. The van der Waals surface area contributed by atoms with Crippen molar-refractivity contribution in [3.05, 3.63) is 111 Å². The summed E-state index contributed by atoms with van der Waals surface area (Å²) in [6.07, 6.45) is 4.00. The summed E-state index contributed by atoms with van der Waals surface area (Å²) in [5, 5.41) is 0.520. The predicted molar refractivity (Wildman–Crippen MR) is 146 cm³/mol. The van der Waals surface area contributed by atoms with E-state index in [0.29, 0.717) is 50.6 Å². The summed E-state index contributed by atoms with van der Waals surface area (Å²) < 4.78 is 11.7. The van der Waals surface area contributed by atoms with Gasteiger partial charge in [0.25, 0.3) is 11.1 Å². The molecule has 0 bridgehead atoms. The largest absolute Gasteiger partial charge is 0.493 e. The van der Waals surface area contributed by atoms with Crippen LogP contribution in [0.2, 0.25) is 10.0 Å². The first-order valence-electron chi connectivity index (χ1n) is 11.1. The van der Waals surface area contributed by atoms with Gasteiger partial charge in [-0.2, -0.15) is 0 Å². The highest BCUT2D eigenvalue weighted by atomic mass is 35.5. The lowest BCUT2D eigenvalue weighted by molar-refractivity contribution is -0.123. The lowest BCUT2D eigenvalue weighted by Gasteiger charge is -2.16. The number of ether oxygens (including phenoxy) is 2. The standard InChI is InChI=1S/C28H23Cl2NO4S/c1-3-7-20-12-19(13-24(34-2)26(20)35-17-18-8-5-4-6-9-18)14-25-27(32)31(28(33)36-25)16-21-10-11-22(29)15-23(21)30/h3-6,8-15H,1,7,16-17H2,2H3/b25-14-. The van der Waals surface area contributed by atoms with Crippen LogP contribution in [0.1, 0.15) is 22.3 Å². The molecule has 8 heteroatoms. The molecule has 4 rings (SSSR count). The number of thioether (sulfide) groups is 1. The molecule has 0 N–H and O–H groups in total. The predicted octanol–water partition coefficient (Wildman–Crippen LogP) is 7.55. The van der Waals surface area contributed by atoms with Crippen LogP contribution in [0.4, 0.5) is 4.79 Å². The maximum absolute atomic E-state index is 13.1. The molecule has 1 heterocycles. The van der Waals surface area contributed by atoms with Gasteiger partial charge in [0.1, 0.15) is 6.61 Å². The number of nitrogens with zero attached hydrogens (tertiary/aromatic N) is 1. The van der Waals surface area contributed by atoms with Crippen LogP contribution in [0, 0.1) is 0 Å². The highest BCUT2D eigenvalue weighted by Gasteiger charge is 2.35. The van der Waals surface area contributed by atoms with Gasteiger partial charge in [0, 0.05) is 15.6 Å². The molecule has 3 aromatic carbocycles. The van der Waals surface area contributed by atoms with E-state index >= 15 is 0 Å². The second-order valence-corrected chi connectivity index (χ2v) is 9.82. The summed E-state index contributed by atoms with van der Waals surface area (Å²) in [6.45, 7) is 4.29. The van der Waals surface area contributed by atoms with Gasteiger partial charge in [0.2, 0.25) is 0 Å². The third-order valence-corrected chi connectivity index (χ3v) is 6.97. The van der Waals surface area contributed by atoms with Crippen molar-refractivity contribution in [3.63, 3.8) is 0 Å². The number of imide groups is 1. The molecule has 0 atom stereocenters. The Kier molecular flexibility index (Phi) is 8.41. The van der Waals surface area contributed by atoms with Crippen molar-refractivity contribution in [2.24, 2.45) is 0 Å². The van der Waals surface area contributed by atoms with Crippen LogP contribution in [0.25, 0.3) is 6.08 Å². The van der Waals surface area contributed by atoms with E-state index in [0.717, 1.165) is 22.9 Å². The molecule has 1 aliphatic rings. The molecule has 0 aliphatic carbocycles. The molecule has 5 nitrogen and oxygen atoms in total. The van der Waals surface area contributed by atoms with Crippen molar-refractivity contribution in [2.45, 2.75) is 19.6 Å². The fraction of sp³-hybridized carbons (Fsp3) is 0.143. The minimum Gasteiger partial charge on any atom is -0.493 e. The Bertz CT molecular complexity index is 1340. The second-order valence-electron chi connectivity index (χ2n) is 7.98. The molecule has 3 aromatic rings. The first kappa shape index (κ1) is 25.9. The third-order valence-electron chi connectivity index (χ3n) is 5.48. The quantitative estimate of drug-likeness (QED) is 0.207. The smallest absolute Gasteiger partial charge is 0.293 e. The Balaban J connectivity index is 1.60. The van der Waals surface area contributed by atoms with E-state index in [4.69, 9.17) is 32.7 Å². The van der Waals surface area contributed by atoms with E-state index in [1.807, 2.05) is 36.4 Å². The van der Waals surface area contributed by atoms with Crippen molar-refractivity contribution in [1.82, 2.24) is 4.90 Å². The van der Waals surface area contributed by atoms with Gasteiger partial charge in [-0.15, -0.1) is 6.58 Å². The summed E-state index contributed by atoms with van der Waals surface area (Å²) in [4.78, 5) is 27.2. The van der Waals surface area contributed by atoms with E-state index in [2.05, 4.69) is 6.58 Å². The van der Waals surface area contributed by atoms with Crippen LogP contribution in [0.5, 0.6) is 11.5 Å². The van der Waals surface area contributed by atoms with Crippen molar-refractivity contribution >= 4 is 52.2 Å². The molecule has 0 radical (unpaired) electrons. The first-order chi connectivity index (χ1) is 17.4. The van der Waals surface area contributed by atoms with E-state index in [9.17, 15) is 9.59 Å². The van der Waals surface area contributed by atoms with Crippen LogP contribution in [0.3, 0.4) is 0 Å². The number of carbonyl (C=O) groups is 2. The van der Waals surface area contributed by atoms with Gasteiger partial charge in [-0.25, -0.2) is 0 Å². The zero-order chi connectivity index (χ0) is 25.7. The number of rotatable bonds is 9. The minimum atomic E-state index is -0.385. The van der Waals surface area contributed by atoms with Gasteiger partial charge in [0.05, 0.1) is 18.6 Å². The fourth-order valence-electron chi connectivity index (χ4n) is 3.73. The summed E-state index contributed by atoms with van der Waals surface area (Å²) in [5.74, 6) is 0.761. The number of methoxy groups -OCH3 is 1. The van der Waals surface area contributed by atoms with Crippen LogP contribution >= 0.6 is 35.0 Å². The highest BCUT2D eigenvalue weighted by molar-refractivity contribution is 8.18.